The number of nitrogens with zero attached hydrogens (tertiary/aromatic N) is 3. The minimum absolute atomic E-state index is 0.0863. The molecule has 30 heavy (non-hydrogen) atoms. The first-order valence-electron chi connectivity index (χ1n) is 9.53. The number of piperazine rings is 1. The number of amides is 1. The first-order chi connectivity index (χ1) is 14.2. The summed E-state index contributed by atoms with van der Waals surface area (Å²) in [6.45, 7) is 2.46. The minimum atomic E-state index is -3.03. The highest BCUT2D eigenvalue weighted by Gasteiger charge is 2.25. The van der Waals surface area contributed by atoms with Crippen molar-refractivity contribution in [3.63, 3.8) is 0 Å². The van der Waals surface area contributed by atoms with Gasteiger partial charge in [0.25, 0.3) is 11.6 Å². The van der Waals surface area contributed by atoms with Crippen molar-refractivity contribution in [3.05, 3.63) is 64.2 Å². The van der Waals surface area contributed by atoms with Crippen LogP contribution in [0.5, 0.6) is 0 Å². The van der Waals surface area contributed by atoms with Gasteiger partial charge in [-0.05, 0) is 24.3 Å². The number of anilines is 2. The Kier molecular flexibility index (Phi) is 6.68. The molecule has 0 atom stereocenters. The molecule has 160 valence electrons. The lowest BCUT2D eigenvalue weighted by Gasteiger charge is -2.34. The van der Waals surface area contributed by atoms with Gasteiger partial charge in [-0.25, -0.2) is 8.42 Å². The van der Waals surface area contributed by atoms with E-state index in [0.717, 1.165) is 0 Å². The summed E-state index contributed by atoms with van der Waals surface area (Å²) in [4.78, 5) is 27.5. The van der Waals surface area contributed by atoms with E-state index in [0.29, 0.717) is 44.1 Å². The second-order valence-electron chi connectivity index (χ2n) is 7.24. The number of hydrogen-bond acceptors (Lipinski definition) is 7. The Labute approximate surface area is 175 Å². The van der Waals surface area contributed by atoms with Gasteiger partial charge in [-0.1, -0.05) is 18.2 Å². The summed E-state index contributed by atoms with van der Waals surface area (Å²) < 4.78 is 22.6. The zero-order valence-corrected chi connectivity index (χ0v) is 17.5. The van der Waals surface area contributed by atoms with Crippen LogP contribution in [0, 0.1) is 10.1 Å². The van der Waals surface area contributed by atoms with Gasteiger partial charge in [-0.2, -0.15) is 0 Å². The Morgan fingerprint density at radius 1 is 1.10 bits per heavy atom. The van der Waals surface area contributed by atoms with Crippen molar-refractivity contribution >= 4 is 32.8 Å². The van der Waals surface area contributed by atoms with Crippen LogP contribution in [0.4, 0.5) is 17.1 Å². The van der Waals surface area contributed by atoms with E-state index >= 15 is 0 Å². The SMILES string of the molecule is CS(=O)(=O)CCN1CCN(C(=O)c2ccc(Nc3ccccc3)c([N+](=O)[O-])c2)CC1. The molecule has 1 heterocycles. The summed E-state index contributed by atoms with van der Waals surface area (Å²) in [5.74, 6) is -0.185. The summed E-state index contributed by atoms with van der Waals surface area (Å²) in [5.41, 5.74) is 1.11. The second-order valence-corrected chi connectivity index (χ2v) is 9.50. The van der Waals surface area contributed by atoms with Crippen molar-refractivity contribution in [2.45, 2.75) is 0 Å². The largest absolute Gasteiger partial charge is 0.350 e. The van der Waals surface area contributed by atoms with E-state index in [9.17, 15) is 23.3 Å². The molecular formula is C20H24N4O5S. The summed E-state index contributed by atoms with van der Waals surface area (Å²) in [6, 6.07) is 13.5. The third-order valence-corrected chi connectivity index (χ3v) is 5.86. The van der Waals surface area contributed by atoms with Gasteiger partial charge >= 0.3 is 0 Å². The Morgan fingerprint density at radius 2 is 1.77 bits per heavy atom. The first-order valence-corrected chi connectivity index (χ1v) is 11.6. The topological polar surface area (TPSA) is 113 Å². The molecule has 0 aromatic heterocycles. The van der Waals surface area contributed by atoms with Gasteiger partial charge in [0.1, 0.15) is 15.5 Å². The molecule has 2 aromatic rings. The van der Waals surface area contributed by atoms with Crippen molar-refractivity contribution in [2.24, 2.45) is 0 Å². The van der Waals surface area contributed by atoms with Crippen molar-refractivity contribution in [2.75, 3.05) is 50.0 Å². The molecule has 1 saturated heterocycles. The zero-order chi connectivity index (χ0) is 21.7. The number of para-hydroxylation sites is 1. The Balaban J connectivity index is 1.68. The fraction of sp³-hybridized carbons (Fsp3) is 0.350. The molecule has 1 aliphatic rings. The van der Waals surface area contributed by atoms with E-state index in [-0.39, 0.29) is 22.9 Å². The molecule has 1 fully saturated rings. The number of carbonyl (C=O) groups excluding carboxylic acids is 1. The zero-order valence-electron chi connectivity index (χ0n) is 16.7. The Morgan fingerprint density at radius 3 is 2.37 bits per heavy atom. The molecule has 1 N–H and O–H groups in total. The van der Waals surface area contributed by atoms with Crippen LogP contribution in [0.15, 0.2) is 48.5 Å². The quantitative estimate of drug-likeness (QED) is 0.527. The molecule has 3 rings (SSSR count). The number of carbonyl (C=O) groups is 1. The lowest BCUT2D eigenvalue weighted by atomic mass is 10.1. The number of benzene rings is 2. The molecular weight excluding hydrogens is 408 g/mol. The maximum absolute atomic E-state index is 12.8. The van der Waals surface area contributed by atoms with Gasteiger partial charge in [0.2, 0.25) is 0 Å². The Bertz CT molecular complexity index is 1020. The van der Waals surface area contributed by atoms with Crippen LogP contribution in [0.2, 0.25) is 0 Å². The number of nitro benzene ring substituents is 1. The average molecular weight is 433 g/mol. The predicted octanol–water partition coefficient (Wildman–Crippen LogP) is 2.14. The third-order valence-electron chi connectivity index (χ3n) is 4.93. The molecule has 0 unspecified atom stereocenters. The van der Waals surface area contributed by atoms with Crippen LogP contribution in [0.1, 0.15) is 10.4 Å². The summed E-state index contributed by atoms with van der Waals surface area (Å²) in [6.07, 6.45) is 1.20. The van der Waals surface area contributed by atoms with Crippen molar-refractivity contribution in [3.8, 4) is 0 Å². The normalized spacial score (nSPS) is 15.0. The molecule has 2 aromatic carbocycles. The monoisotopic (exact) mass is 432 g/mol. The van der Waals surface area contributed by atoms with Crippen molar-refractivity contribution in [1.29, 1.82) is 0 Å². The highest BCUT2D eigenvalue weighted by molar-refractivity contribution is 7.90. The number of nitrogens with one attached hydrogen (secondary N) is 1. The second kappa shape index (κ2) is 9.23. The molecule has 0 radical (unpaired) electrons. The van der Waals surface area contributed by atoms with E-state index in [4.69, 9.17) is 0 Å². The molecule has 1 aliphatic heterocycles. The van der Waals surface area contributed by atoms with Gasteiger partial charge in [0, 0.05) is 56.3 Å². The fourth-order valence-electron chi connectivity index (χ4n) is 3.25. The number of nitro groups is 1. The summed E-state index contributed by atoms with van der Waals surface area (Å²) in [5, 5.41) is 14.6. The van der Waals surface area contributed by atoms with Gasteiger partial charge in [-0.15, -0.1) is 0 Å². The highest BCUT2D eigenvalue weighted by Crippen LogP contribution is 2.29. The molecule has 0 spiro atoms. The Hall–Kier alpha value is -2.98. The van der Waals surface area contributed by atoms with Gasteiger partial charge in [-0.3, -0.25) is 19.8 Å². The van der Waals surface area contributed by atoms with E-state index in [1.807, 2.05) is 23.1 Å². The van der Waals surface area contributed by atoms with Crippen molar-refractivity contribution in [1.82, 2.24) is 9.80 Å². The van der Waals surface area contributed by atoms with Gasteiger partial charge in [0.15, 0.2) is 0 Å². The maximum Gasteiger partial charge on any atom is 0.293 e. The summed E-state index contributed by atoms with van der Waals surface area (Å²) in [7, 11) is -3.03. The average Bonchev–Trinajstić information content (AvgIpc) is 2.72. The van der Waals surface area contributed by atoms with Gasteiger partial charge < -0.3 is 10.2 Å². The molecule has 10 heteroatoms. The van der Waals surface area contributed by atoms with Gasteiger partial charge in [0.05, 0.1) is 10.7 Å². The molecule has 9 nitrogen and oxygen atoms in total. The first kappa shape index (κ1) is 21.7. The lowest BCUT2D eigenvalue weighted by Crippen LogP contribution is -2.49. The van der Waals surface area contributed by atoms with E-state index < -0.39 is 14.8 Å². The van der Waals surface area contributed by atoms with Crippen LogP contribution in [0.25, 0.3) is 0 Å². The smallest absolute Gasteiger partial charge is 0.293 e. The molecule has 1 amide bonds. The highest BCUT2D eigenvalue weighted by atomic mass is 32.2. The number of hydrogen-bond donors (Lipinski definition) is 1. The number of rotatable bonds is 7. The predicted molar refractivity (Wildman–Crippen MR) is 115 cm³/mol. The minimum Gasteiger partial charge on any atom is -0.350 e. The molecule has 0 aliphatic carbocycles. The van der Waals surface area contributed by atoms with Crippen molar-refractivity contribution < 1.29 is 18.1 Å². The van der Waals surface area contributed by atoms with E-state index in [1.165, 1.54) is 12.3 Å². The maximum atomic E-state index is 12.8. The van der Waals surface area contributed by atoms with Crippen LogP contribution in [0.3, 0.4) is 0 Å². The lowest BCUT2D eigenvalue weighted by molar-refractivity contribution is -0.383. The van der Waals surface area contributed by atoms with Crippen LogP contribution in [-0.2, 0) is 9.84 Å². The van der Waals surface area contributed by atoms with Crippen LogP contribution >= 0.6 is 0 Å². The van der Waals surface area contributed by atoms with E-state index in [1.54, 1.807) is 29.2 Å². The van der Waals surface area contributed by atoms with Crippen LogP contribution in [-0.4, -0.2) is 73.8 Å². The molecule has 0 bridgehead atoms. The fourth-order valence-corrected chi connectivity index (χ4v) is 3.84. The summed E-state index contributed by atoms with van der Waals surface area (Å²) >= 11 is 0. The van der Waals surface area contributed by atoms with E-state index in [2.05, 4.69) is 5.32 Å². The standard InChI is InChI=1S/C20H24N4O5S/c1-30(28,29)14-13-22-9-11-23(12-10-22)20(25)16-7-8-18(19(15-16)24(26)27)21-17-5-3-2-4-6-17/h2-8,15,21H,9-14H2,1H3. The third kappa shape index (κ3) is 5.77. The molecule has 0 saturated carbocycles. The van der Waals surface area contributed by atoms with Crippen LogP contribution < -0.4 is 5.32 Å². The number of sulfone groups is 1.